The number of nitrogens with zero attached hydrogens (tertiary/aromatic N) is 2. The molecular formula is C15H10N2O5. The van der Waals surface area contributed by atoms with Gasteiger partial charge in [0.15, 0.2) is 0 Å². The summed E-state index contributed by atoms with van der Waals surface area (Å²) in [6.45, 7) is 3.08. The summed E-state index contributed by atoms with van der Waals surface area (Å²) in [5.41, 5.74) is 0.992. The van der Waals surface area contributed by atoms with Gasteiger partial charge >= 0.3 is 5.70 Å². The van der Waals surface area contributed by atoms with Crippen LogP contribution in [0.4, 0.5) is 0 Å². The van der Waals surface area contributed by atoms with Crippen molar-refractivity contribution in [3.05, 3.63) is 77.7 Å². The van der Waals surface area contributed by atoms with Gasteiger partial charge in [0.1, 0.15) is 5.57 Å². The summed E-state index contributed by atoms with van der Waals surface area (Å²) in [6.07, 6.45) is 1.48. The molecule has 0 heterocycles. The Kier molecular flexibility index (Phi) is 2.81. The molecule has 1 aromatic carbocycles. The van der Waals surface area contributed by atoms with Gasteiger partial charge in [-0.3, -0.25) is 25.0 Å². The molecule has 22 heavy (non-hydrogen) atoms. The first kappa shape index (κ1) is 13.9. The molecule has 0 atom stereocenters. The molecule has 2 aliphatic rings. The topological polar surface area (TPSA) is 103 Å². The van der Waals surface area contributed by atoms with Crippen molar-refractivity contribution in [1.82, 2.24) is 0 Å². The Morgan fingerprint density at radius 3 is 2.23 bits per heavy atom. The molecule has 0 bridgehead atoms. The van der Waals surface area contributed by atoms with Gasteiger partial charge in [-0.1, -0.05) is 23.8 Å². The molecule has 0 spiro atoms. The molecule has 110 valence electrons. The van der Waals surface area contributed by atoms with Gasteiger partial charge < -0.3 is 0 Å². The van der Waals surface area contributed by atoms with Crippen LogP contribution in [0.15, 0.2) is 40.7 Å². The molecule has 0 aliphatic heterocycles. The highest BCUT2D eigenvalue weighted by atomic mass is 16.6. The first-order valence-corrected chi connectivity index (χ1v) is 6.45. The highest BCUT2D eigenvalue weighted by Gasteiger charge is 2.45. The summed E-state index contributed by atoms with van der Waals surface area (Å²) in [5.74, 6) is -0.781. The maximum absolute atomic E-state index is 12.4. The Morgan fingerprint density at radius 1 is 1.00 bits per heavy atom. The highest BCUT2D eigenvalue weighted by molar-refractivity contribution is 6.25. The van der Waals surface area contributed by atoms with Crippen molar-refractivity contribution in [1.29, 1.82) is 0 Å². The van der Waals surface area contributed by atoms with E-state index < -0.39 is 21.3 Å². The minimum absolute atomic E-state index is 0.0181. The maximum atomic E-state index is 12.4. The minimum Gasteiger partial charge on any atom is -0.282 e. The Balaban J connectivity index is 2.42. The number of ketones is 1. The monoisotopic (exact) mass is 298 g/mol. The summed E-state index contributed by atoms with van der Waals surface area (Å²) in [6, 6.07) is 5.31. The van der Waals surface area contributed by atoms with Crippen molar-refractivity contribution in [2.45, 2.75) is 13.8 Å². The molecular weight excluding hydrogens is 288 g/mol. The van der Waals surface area contributed by atoms with Gasteiger partial charge in [0.05, 0.1) is 15.4 Å². The van der Waals surface area contributed by atoms with Gasteiger partial charge in [0, 0.05) is 5.57 Å². The summed E-state index contributed by atoms with van der Waals surface area (Å²) >= 11 is 0. The summed E-state index contributed by atoms with van der Waals surface area (Å²) in [4.78, 5) is 33.4. The van der Waals surface area contributed by atoms with Crippen LogP contribution in [-0.2, 0) is 4.79 Å². The van der Waals surface area contributed by atoms with Crippen LogP contribution in [0.5, 0.6) is 0 Å². The van der Waals surface area contributed by atoms with Crippen molar-refractivity contribution in [3.63, 3.8) is 0 Å². The first-order chi connectivity index (χ1) is 10.3. The molecule has 0 aromatic heterocycles. The third-order valence-electron chi connectivity index (χ3n) is 3.82. The van der Waals surface area contributed by atoms with Crippen LogP contribution in [0.2, 0.25) is 0 Å². The largest absolute Gasteiger partial charge is 0.326 e. The normalized spacial score (nSPS) is 16.5. The lowest BCUT2D eigenvalue weighted by molar-refractivity contribution is -0.433. The molecule has 3 rings (SSSR count). The van der Waals surface area contributed by atoms with Crippen LogP contribution in [0.25, 0.3) is 11.6 Å². The van der Waals surface area contributed by atoms with E-state index in [0.29, 0.717) is 11.1 Å². The smallest absolute Gasteiger partial charge is 0.282 e. The van der Waals surface area contributed by atoms with E-state index in [9.17, 15) is 25.0 Å². The second-order valence-electron chi connectivity index (χ2n) is 5.19. The van der Waals surface area contributed by atoms with Crippen molar-refractivity contribution in [3.8, 4) is 0 Å². The van der Waals surface area contributed by atoms with Gasteiger partial charge in [0.2, 0.25) is 0 Å². The number of carbonyl (C=O) groups is 1. The van der Waals surface area contributed by atoms with Crippen molar-refractivity contribution >= 4 is 17.4 Å². The molecule has 0 fully saturated rings. The number of benzene rings is 1. The fraction of sp³-hybridized carbons (Fsp3) is 0.133. The third kappa shape index (κ3) is 1.72. The number of allylic oxidation sites excluding steroid dienone is 3. The van der Waals surface area contributed by atoms with Crippen LogP contribution < -0.4 is 0 Å². The minimum atomic E-state index is -0.854. The molecule has 0 radical (unpaired) electrons. The second-order valence-corrected chi connectivity index (χ2v) is 5.19. The number of carbonyl (C=O) groups excluding carboxylic acids is 1. The SMILES string of the molecule is CC1=C([N+](=O)[O-])C(=O)C2=Cc3ccc(C)cc3C2=C1[N+](=O)[O-]. The van der Waals surface area contributed by atoms with Crippen molar-refractivity contribution in [2.75, 3.05) is 0 Å². The van der Waals surface area contributed by atoms with Gasteiger partial charge in [-0.15, -0.1) is 0 Å². The summed E-state index contributed by atoms with van der Waals surface area (Å²) < 4.78 is 0. The fourth-order valence-corrected chi connectivity index (χ4v) is 2.87. The van der Waals surface area contributed by atoms with Crippen molar-refractivity contribution in [2.24, 2.45) is 0 Å². The van der Waals surface area contributed by atoms with E-state index in [4.69, 9.17) is 0 Å². The number of rotatable bonds is 2. The van der Waals surface area contributed by atoms with Crippen LogP contribution in [0.3, 0.4) is 0 Å². The van der Waals surface area contributed by atoms with E-state index in [-0.39, 0.29) is 22.4 Å². The lowest BCUT2D eigenvalue weighted by Crippen LogP contribution is -2.23. The Hall–Kier alpha value is -3.09. The number of nitro groups is 2. The number of aryl methyl sites for hydroxylation is 1. The van der Waals surface area contributed by atoms with Crippen LogP contribution in [0, 0.1) is 27.2 Å². The number of Topliss-reactive ketones (excluding diaryl/α,β-unsaturated/α-hetero) is 1. The predicted octanol–water partition coefficient (Wildman–Crippen LogP) is 2.51. The molecule has 0 unspecified atom stereocenters. The van der Waals surface area contributed by atoms with E-state index in [1.165, 1.54) is 13.0 Å². The predicted molar refractivity (Wildman–Crippen MR) is 77.8 cm³/mol. The molecule has 1 aromatic rings. The standard InChI is InChI=1S/C15H10N2O5/c1-7-3-4-9-6-11-12(10(9)5-7)13(16(19)20)8(2)14(15(11)18)17(21)22/h3-6H,1-2H3. The van der Waals surface area contributed by atoms with E-state index >= 15 is 0 Å². The zero-order valence-corrected chi connectivity index (χ0v) is 11.7. The number of hydrogen-bond acceptors (Lipinski definition) is 5. The number of fused-ring (bicyclic) bond motifs is 3. The fourth-order valence-electron chi connectivity index (χ4n) is 2.87. The Bertz CT molecular complexity index is 874. The molecule has 0 N–H and O–H groups in total. The van der Waals surface area contributed by atoms with Crippen LogP contribution in [-0.4, -0.2) is 15.6 Å². The Labute approximate surface area is 124 Å². The zero-order chi connectivity index (χ0) is 16.2. The lowest BCUT2D eigenvalue weighted by atomic mass is 9.87. The molecule has 7 heteroatoms. The molecule has 7 nitrogen and oxygen atoms in total. The van der Waals surface area contributed by atoms with Crippen LogP contribution >= 0.6 is 0 Å². The number of hydrogen-bond donors (Lipinski definition) is 0. The Morgan fingerprint density at radius 2 is 1.64 bits per heavy atom. The highest BCUT2D eigenvalue weighted by Crippen LogP contribution is 2.45. The molecule has 0 saturated heterocycles. The van der Waals surface area contributed by atoms with E-state index in [1.807, 2.05) is 13.0 Å². The molecule has 2 aliphatic carbocycles. The summed E-state index contributed by atoms with van der Waals surface area (Å²) in [7, 11) is 0. The van der Waals surface area contributed by atoms with Crippen LogP contribution in [0.1, 0.15) is 23.6 Å². The van der Waals surface area contributed by atoms with Gasteiger partial charge in [-0.05, 0) is 31.1 Å². The van der Waals surface area contributed by atoms with Gasteiger partial charge in [-0.2, -0.15) is 0 Å². The molecule has 0 saturated carbocycles. The van der Waals surface area contributed by atoms with Gasteiger partial charge in [-0.25, -0.2) is 0 Å². The second kappa shape index (κ2) is 4.45. The first-order valence-electron chi connectivity index (χ1n) is 6.45. The third-order valence-corrected chi connectivity index (χ3v) is 3.82. The lowest BCUT2D eigenvalue weighted by Gasteiger charge is -2.13. The average Bonchev–Trinajstić information content (AvgIpc) is 2.77. The summed E-state index contributed by atoms with van der Waals surface area (Å²) in [5, 5.41) is 22.5. The maximum Gasteiger partial charge on any atom is 0.326 e. The average molecular weight is 298 g/mol. The van der Waals surface area contributed by atoms with Gasteiger partial charge in [0.25, 0.3) is 11.5 Å². The van der Waals surface area contributed by atoms with E-state index in [1.54, 1.807) is 12.1 Å². The van der Waals surface area contributed by atoms with Crippen molar-refractivity contribution < 1.29 is 14.6 Å². The molecule has 0 amide bonds. The zero-order valence-electron chi connectivity index (χ0n) is 11.7. The quantitative estimate of drug-likeness (QED) is 0.616. The van der Waals surface area contributed by atoms with E-state index in [2.05, 4.69) is 0 Å². The van der Waals surface area contributed by atoms with E-state index in [0.717, 1.165) is 5.56 Å².